The molecule has 5 nitrogen and oxygen atoms in total. The molecule has 5 heteroatoms. The van der Waals surface area contributed by atoms with E-state index in [1.807, 2.05) is 27.7 Å². The Morgan fingerprint density at radius 3 is 2.62 bits per heavy atom. The molecular weight excluding hydrogens is 268 g/mol. The van der Waals surface area contributed by atoms with Gasteiger partial charge in [-0.1, -0.05) is 12.2 Å². The summed E-state index contributed by atoms with van der Waals surface area (Å²) in [6.45, 7) is 7.92. The fourth-order valence-corrected chi connectivity index (χ4v) is 2.17. The van der Waals surface area contributed by atoms with Crippen LogP contribution >= 0.6 is 0 Å². The van der Waals surface area contributed by atoms with Gasteiger partial charge in [-0.05, 0) is 53.4 Å². The molecule has 0 radical (unpaired) electrons. The summed E-state index contributed by atoms with van der Waals surface area (Å²) in [6, 6.07) is 0.0401. The van der Waals surface area contributed by atoms with Gasteiger partial charge in [-0.15, -0.1) is 0 Å². The maximum Gasteiger partial charge on any atom is 0.407 e. The quantitative estimate of drug-likeness (QED) is 0.767. The van der Waals surface area contributed by atoms with Crippen LogP contribution in [0, 0.1) is 5.92 Å². The third kappa shape index (κ3) is 7.73. The third-order valence-corrected chi connectivity index (χ3v) is 3.27. The standard InChI is InChI=1S/C16H28N2O3/c1-12(10-11-17-15(20)21-16(2,3)4)18-14(19)13-8-6-5-7-9-13/h5-6,12-13H,7-11H2,1-4H3,(H,17,20)(H,18,19)/t12-,13-/m1/s1. The minimum Gasteiger partial charge on any atom is -0.444 e. The maximum atomic E-state index is 12.0. The number of nitrogens with one attached hydrogen (secondary N) is 2. The monoisotopic (exact) mass is 296 g/mol. The molecule has 0 unspecified atom stereocenters. The zero-order valence-corrected chi connectivity index (χ0v) is 13.6. The van der Waals surface area contributed by atoms with Crippen molar-refractivity contribution in [2.75, 3.05) is 6.54 Å². The van der Waals surface area contributed by atoms with Crippen molar-refractivity contribution in [2.24, 2.45) is 5.92 Å². The SMILES string of the molecule is C[C@H](CCNC(=O)OC(C)(C)C)NC(=O)[C@@H]1CC=CCC1. The van der Waals surface area contributed by atoms with Crippen molar-refractivity contribution < 1.29 is 14.3 Å². The zero-order valence-electron chi connectivity index (χ0n) is 13.6. The smallest absolute Gasteiger partial charge is 0.407 e. The topological polar surface area (TPSA) is 67.4 Å². The molecule has 0 bridgehead atoms. The second kappa shape index (κ2) is 8.05. The Kier molecular flexibility index (Phi) is 6.72. The van der Waals surface area contributed by atoms with Crippen LogP contribution in [-0.4, -0.2) is 30.2 Å². The van der Waals surface area contributed by atoms with E-state index in [0.717, 1.165) is 19.3 Å². The molecule has 2 N–H and O–H groups in total. The van der Waals surface area contributed by atoms with Crippen molar-refractivity contribution in [3.8, 4) is 0 Å². The molecule has 2 atom stereocenters. The fraction of sp³-hybridized carbons (Fsp3) is 0.750. The molecule has 21 heavy (non-hydrogen) atoms. The molecule has 0 saturated heterocycles. The highest BCUT2D eigenvalue weighted by Crippen LogP contribution is 2.18. The molecule has 120 valence electrons. The van der Waals surface area contributed by atoms with Gasteiger partial charge in [-0.2, -0.15) is 0 Å². The van der Waals surface area contributed by atoms with Crippen LogP contribution in [0.4, 0.5) is 4.79 Å². The van der Waals surface area contributed by atoms with Crippen LogP contribution in [0.3, 0.4) is 0 Å². The predicted molar refractivity (Wildman–Crippen MR) is 82.9 cm³/mol. The van der Waals surface area contributed by atoms with E-state index < -0.39 is 11.7 Å². The van der Waals surface area contributed by atoms with Gasteiger partial charge in [0.2, 0.25) is 5.91 Å². The predicted octanol–water partition coefficient (Wildman–Crippen LogP) is 2.76. The first kappa shape index (κ1) is 17.5. The number of hydrogen-bond acceptors (Lipinski definition) is 3. The van der Waals surface area contributed by atoms with E-state index in [-0.39, 0.29) is 17.9 Å². The van der Waals surface area contributed by atoms with Crippen molar-refractivity contribution in [1.82, 2.24) is 10.6 Å². The Bertz CT molecular complexity index is 385. The second-order valence-electron chi connectivity index (χ2n) is 6.61. The maximum absolute atomic E-state index is 12.0. The molecule has 1 aliphatic rings. The van der Waals surface area contributed by atoms with Gasteiger partial charge in [0.25, 0.3) is 0 Å². The van der Waals surface area contributed by atoms with Gasteiger partial charge >= 0.3 is 6.09 Å². The van der Waals surface area contributed by atoms with Crippen LogP contribution in [0.2, 0.25) is 0 Å². The number of rotatable bonds is 5. The number of hydrogen-bond donors (Lipinski definition) is 2. The molecule has 1 aliphatic carbocycles. The van der Waals surface area contributed by atoms with Crippen molar-refractivity contribution in [1.29, 1.82) is 0 Å². The summed E-state index contributed by atoms with van der Waals surface area (Å²) in [5, 5.41) is 5.71. The van der Waals surface area contributed by atoms with Gasteiger partial charge in [0.05, 0.1) is 0 Å². The molecular formula is C16H28N2O3. The first-order chi connectivity index (χ1) is 9.78. The van der Waals surface area contributed by atoms with E-state index in [4.69, 9.17) is 4.74 Å². The van der Waals surface area contributed by atoms with Gasteiger partial charge < -0.3 is 15.4 Å². The lowest BCUT2D eigenvalue weighted by Crippen LogP contribution is -2.40. The van der Waals surface area contributed by atoms with Crippen LogP contribution in [0.25, 0.3) is 0 Å². The van der Waals surface area contributed by atoms with Crippen LogP contribution in [0.1, 0.15) is 53.4 Å². The van der Waals surface area contributed by atoms with Gasteiger partial charge in [-0.25, -0.2) is 4.79 Å². The number of ether oxygens (including phenoxy) is 1. The van der Waals surface area contributed by atoms with Crippen LogP contribution in [-0.2, 0) is 9.53 Å². The van der Waals surface area contributed by atoms with E-state index in [0.29, 0.717) is 13.0 Å². The first-order valence-electron chi connectivity index (χ1n) is 7.70. The third-order valence-electron chi connectivity index (χ3n) is 3.27. The lowest BCUT2D eigenvalue weighted by atomic mass is 9.93. The summed E-state index contributed by atoms with van der Waals surface area (Å²) in [5.74, 6) is 0.209. The molecule has 0 heterocycles. The number of carbonyl (C=O) groups is 2. The van der Waals surface area contributed by atoms with E-state index in [1.54, 1.807) is 0 Å². The average molecular weight is 296 g/mol. The number of alkyl carbamates (subject to hydrolysis) is 1. The Balaban J connectivity index is 2.19. The molecule has 2 amide bonds. The number of allylic oxidation sites excluding steroid dienone is 2. The van der Waals surface area contributed by atoms with Gasteiger partial charge in [0.15, 0.2) is 0 Å². The summed E-state index contributed by atoms with van der Waals surface area (Å²) in [5.41, 5.74) is -0.488. The molecule has 0 spiro atoms. The minimum atomic E-state index is -0.488. The highest BCUT2D eigenvalue weighted by atomic mass is 16.6. The molecule has 0 aromatic heterocycles. The summed E-state index contributed by atoms with van der Waals surface area (Å²) in [6.07, 6.45) is 7.19. The Morgan fingerprint density at radius 2 is 2.05 bits per heavy atom. The molecule has 0 fully saturated rings. The highest BCUT2D eigenvalue weighted by molar-refractivity contribution is 5.79. The second-order valence-corrected chi connectivity index (χ2v) is 6.61. The van der Waals surface area contributed by atoms with E-state index in [9.17, 15) is 9.59 Å². The zero-order chi connectivity index (χ0) is 15.9. The lowest BCUT2D eigenvalue weighted by molar-refractivity contribution is -0.125. The molecule has 1 rings (SSSR count). The van der Waals surface area contributed by atoms with Crippen molar-refractivity contribution >= 4 is 12.0 Å². The Morgan fingerprint density at radius 1 is 1.33 bits per heavy atom. The van der Waals surface area contributed by atoms with E-state index >= 15 is 0 Å². The lowest BCUT2D eigenvalue weighted by Gasteiger charge is -2.22. The summed E-state index contributed by atoms with van der Waals surface area (Å²) < 4.78 is 5.15. The molecule has 0 saturated carbocycles. The summed E-state index contributed by atoms with van der Waals surface area (Å²) in [7, 11) is 0. The normalized spacial score (nSPS) is 19.7. The average Bonchev–Trinajstić information content (AvgIpc) is 2.37. The van der Waals surface area contributed by atoms with Crippen LogP contribution < -0.4 is 10.6 Å². The molecule has 0 aromatic rings. The largest absolute Gasteiger partial charge is 0.444 e. The number of amides is 2. The van der Waals surface area contributed by atoms with Crippen molar-refractivity contribution in [3.63, 3.8) is 0 Å². The molecule has 0 aromatic carbocycles. The van der Waals surface area contributed by atoms with E-state index in [2.05, 4.69) is 22.8 Å². The first-order valence-corrected chi connectivity index (χ1v) is 7.70. The van der Waals surface area contributed by atoms with Gasteiger partial charge in [-0.3, -0.25) is 4.79 Å². The Hall–Kier alpha value is -1.52. The van der Waals surface area contributed by atoms with Crippen molar-refractivity contribution in [3.05, 3.63) is 12.2 Å². The van der Waals surface area contributed by atoms with Crippen LogP contribution in [0.5, 0.6) is 0 Å². The van der Waals surface area contributed by atoms with Gasteiger partial charge in [0.1, 0.15) is 5.60 Å². The minimum absolute atomic E-state index is 0.0401. The van der Waals surface area contributed by atoms with Crippen molar-refractivity contribution in [2.45, 2.75) is 65.0 Å². The summed E-state index contributed by atoms with van der Waals surface area (Å²) >= 11 is 0. The summed E-state index contributed by atoms with van der Waals surface area (Å²) in [4.78, 5) is 23.5. The van der Waals surface area contributed by atoms with Gasteiger partial charge in [0, 0.05) is 18.5 Å². The van der Waals surface area contributed by atoms with E-state index in [1.165, 1.54) is 0 Å². The highest BCUT2D eigenvalue weighted by Gasteiger charge is 2.20. The number of carbonyl (C=O) groups excluding carboxylic acids is 2. The fourth-order valence-electron chi connectivity index (χ4n) is 2.17. The molecule has 0 aliphatic heterocycles. The van der Waals surface area contributed by atoms with Crippen LogP contribution in [0.15, 0.2) is 12.2 Å². The Labute approximate surface area is 127 Å².